The number of aromatic nitrogens is 2. The average Bonchev–Trinajstić information content (AvgIpc) is 3.03. The molecule has 0 aliphatic carbocycles. The van der Waals surface area contributed by atoms with Crippen LogP contribution in [0.15, 0.2) is 53.6 Å². The first-order valence-corrected chi connectivity index (χ1v) is 8.77. The normalized spacial score (nSPS) is 14.3. The number of hydrogen-bond donors (Lipinski definition) is 1. The van der Waals surface area contributed by atoms with Crippen molar-refractivity contribution >= 4 is 39.9 Å². The van der Waals surface area contributed by atoms with Crippen LogP contribution < -0.4 is 4.31 Å². The summed E-state index contributed by atoms with van der Waals surface area (Å²) < 4.78 is 14.9. The molecule has 0 spiro atoms. The molecular formula is C16H11Cl2N3OS. The van der Waals surface area contributed by atoms with Crippen LogP contribution in [0.2, 0.25) is 10.0 Å². The highest BCUT2D eigenvalue weighted by molar-refractivity contribution is 7.86. The Hall–Kier alpha value is -1.82. The first-order valence-electron chi connectivity index (χ1n) is 6.90. The fourth-order valence-corrected chi connectivity index (χ4v) is 4.17. The lowest BCUT2D eigenvalue weighted by Gasteiger charge is -2.29. The van der Waals surface area contributed by atoms with Crippen molar-refractivity contribution in [3.63, 3.8) is 0 Å². The summed E-state index contributed by atoms with van der Waals surface area (Å²) in [4.78, 5) is 0.697. The molecule has 116 valence electrons. The smallest absolute Gasteiger partial charge is 0.153 e. The summed E-state index contributed by atoms with van der Waals surface area (Å²) in [5.74, 6) is 0. The van der Waals surface area contributed by atoms with Gasteiger partial charge in [0.05, 0.1) is 29.0 Å². The van der Waals surface area contributed by atoms with Crippen molar-refractivity contribution in [1.82, 2.24) is 10.2 Å². The fraction of sp³-hybridized carbons (Fsp3) is 0.0625. The number of nitrogens with zero attached hydrogens (tertiary/aromatic N) is 2. The predicted molar refractivity (Wildman–Crippen MR) is 93.1 cm³/mol. The van der Waals surface area contributed by atoms with E-state index in [0.717, 1.165) is 22.5 Å². The SMILES string of the molecule is O=S(c1ccc(Cl)cc1)N1Cc2cn[nH]c2-c2cc(Cl)ccc21. The van der Waals surface area contributed by atoms with E-state index in [-0.39, 0.29) is 0 Å². The van der Waals surface area contributed by atoms with Crippen LogP contribution in [0.4, 0.5) is 5.69 Å². The molecule has 0 saturated carbocycles. The molecule has 0 amide bonds. The van der Waals surface area contributed by atoms with Crippen LogP contribution in [0, 0.1) is 0 Å². The van der Waals surface area contributed by atoms with Crippen LogP contribution in [-0.4, -0.2) is 14.4 Å². The lowest BCUT2D eigenvalue weighted by Crippen LogP contribution is -2.28. The van der Waals surface area contributed by atoms with Crippen molar-refractivity contribution in [2.24, 2.45) is 0 Å². The van der Waals surface area contributed by atoms with E-state index in [9.17, 15) is 4.21 Å². The molecule has 4 nitrogen and oxygen atoms in total. The van der Waals surface area contributed by atoms with E-state index in [1.165, 1.54) is 0 Å². The molecule has 0 saturated heterocycles. The van der Waals surface area contributed by atoms with Crippen molar-refractivity contribution in [2.45, 2.75) is 11.4 Å². The second-order valence-electron chi connectivity index (χ2n) is 5.17. The minimum absolute atomic E-state index is 0.510. The Morgan fingerprint density at radius 2 is 1.83 bits per heavy atom. The molecule has 1 unspecified atom stereocenters. The van der Waals surface area contributed by atoms with E-state index in [2.05, 4.69) is 10.2 Å². The number of aromatic amines is 1. The van der Waals surface area contributed by atoms with Crippen molar-refractivity contribution in [1.29, 1.82) is 0 Å². The molecule has 1 N–H and O–H groups in total. The molecular weight excluding hydrogens is 353 g/mol. The van der Waals surface area contributed by atoms with Crippen LogP contribution in [0.5, 0.6) is 0 Å². The zero-order valence-electron chi connectivity index (χ0n) is 11.8. The average molecular weight is 364 g/mol. The molecule has 2 aromatic carbocycles. The van der Waals surface area contributed by atoms with E-state index in [4.69, 9.17) is 23.2 Å². The third-order valence-electron chi connectivity index (χ3n) is 3.74. The Kier molecular flexibility index (Phi) is 3.64. The van der Waals surface area contributed by atoms with Crippen molar-refractivity contribution in [3.05, 3.63) is 64.3 Å². The third-order valence-corrected chi connectivity index (χ3v) is 5.63. The Morgan fingerprint density at radius 1 is 1.09 bits per heavy atom. The maximum Gasteiger partial charge on any atom is 0.153 e. The van der Waals surface area contributed by atoms with Gasteiger partial charge < -0.3 is 0 Å². The topological polar surface area (TPSA) is 49.0 Å². The lowest BCUT2D eigenvalue weighted by atomic mass is 10.0. The molecule has 23 heavy (non-hydrogen) atoms. The van der Waals surface area contributed by atoms with Gasteiger partial charge in [0.2, 0.25) is 0 Å². The Bertz CT molecular complexity index is 908. The second kappa shape index (κ2) is 5.67. The van der Waals surface area contributed by atoms with Gasteiger partial charge in [-0.25, -0.2) is 4.21 Å². The third kappa shape index (κ3) is 2.55. The van der Waals surface area contributed by atoms with Gasteiger partial charge in [-0.3, -0.25) is 9.40 Å². The van der Waals surface area contributed by atoms with E-state index < -0.39 is 11.0 Å². The van der Waals surface area contributed by atoms with Crippen molar-refractivity contribution < 1.29 is 4.21 Å². The van der Waals surface area contributed by atoms with Crippen LogP contribution in [0.25, 0.3) is 11.3 Å². The maximum atomic E-state index is 13.0. The lowest BCUT2D eigenvalue weighted by molar-refractivity contribution is 0.678. The van der Waals surface area contributed by atoms with E-state index in [1.54, 1.807) is 36.5 Å². The van der Waals surface area contributed by atoms with Gasteiger partial charge in [-0.1, -0.05) is 23.2 Å². The molecule has 4 rings (SSSR count). The highest BCUT2D eigenvalue weighted by atomic mass is 35.5. The summed E-state index contributed by atoms with van der Waals surface area (Å²) in [6, 6.07) is 12.6. The molecule has 1 aromatic heterocycles. The monoisotopic (exact) mass is 363 g/mol. The molecule has 3 aromatic rings. The molecule has 0 fully saturated rings. The molecule has 1 aliphatic rings. The Balaban J connectivity index is 1.82. The number of fused-ring (bicyclic) bond motifs is 3. The van der Waals surface area contributed by atoms with E-state index in [1.807, 2.05) is 16.4 Å². The Morgan fingerprint density at radius 3 is 2.61 bits per heavy atom. The maximum absolute atomic E-state index is 13.0. The van der Waals surface area contributed by atoms with Crippen molar-refractivity contribution in [3.8, 4) is 11.3 Å². The van der Waals surface area contributed by atoms with Crippen LogP contribution >= 0.6 is 23.2 Å². The second-order valence-corrected chi connectivity index (χ2v) is 7.45. The number of benzene rings is 2. The van der Waals surface area contributed by atoms with Crippen molar-refractivity contribution in [2.75, 3.05) is 4.31 Å². The Labute approximate surface area is 145 Å². The number of hydrogen-bond acceptors (Lipinski definition) is 2. The summed E-state index contributed by atoms with van der Waals surface area (Å²) in [5, 5.41) is 8.34. The highest BCUT2D eigenvalue weighted by Gasteiger charge is 2.28. The number of anilines is 1. The largest absolute Gasteiger partial charge is 0.283 e. The fourth-order valence-electron chi connectivity index (χ4n) is 2.66. The number of H-pyrrole nitrogens is 1. The molecule has 0 bridgehead atoms. The molecule has 0 radical (unpaired) electrons. The van der Waals surface area contributed by atoms with Crippen LogP contribution in [-0.2, 0) is 17.5 Å². The summed E-state index contributed by atoms with van der Waals surface area (Å²) in [7, 11) is -1.35. The van der Waals surface area contributed by atoms with Crippen LogP contribution in [0.3, 0.4) is 0 Å². The van der Waals surface area contributed by atoms with Gasteiger partial charge >= 0.3 is 0 Å². The first kappa shape index (κ1) is 14.8. The molecule has 2 heterocycles. The zero-order valence-corrected chi connectivity index (χ0v) is 14.1. The highest BCUT2D eigenvalue weighted by Crippen LogP contribution is 2.40. The minimum atomic E-state index is -1.35. The van der Waals surface area contributed by atoms with Gasteiger partial charge in [0.1, 0.15) is 0 Å². The minimum Gasteiger partial charge on any atom is -0.283 e. The van der Waals surface area contributed by atoms with Gasteiger partial charge in [-0.05, 0) is 42.5 Å². The predicted octanol–water partition coefficient (Wildman–Crippen LogP) is 4.43. The number of nitrogens with one attached hydrogen (secondary N) is 1. The van der Waals surface area contributed by atoms with E-state index in [0.29, 0.717) is 21.5 Å². The van der Waals surface area contributed by atoms with Gasteiger partial charge in [0.15, 0.2) is 11.0 Å². The van der Waals surface area contributed by atoms with Gasteiger partial charge in [0.25, 0.3) is 0 Å². The van der Waals surface area contributed by atoms with Gasteiger partial charge in [-0.2, -0.15) is 5.10 Å². The van der Waals surface area contributed by atoms with Gasteiger partial charge in [-0.15, -0.1) is 0 Å². The molecule has 7 heteroatoms. The zero-order chi connectivity index (χ0) is 16.0. The summed E-state index contributed by atoms with van der Waals surface area (Å²) in [6.07, 6.45) is 1.76. The number of halogens is 2. The standard InChI is InChI=1S/C16H11Cl2N3OS/c17-11-1-4-13(5-2-11)23(22)21-9-10-8-19-20-16(10)14-7-12(18)3-6-15(14)21/h1-8H,9H2,(H,19,20). The summed E-state index contributed by atoms with van der Waals surface area (Å²) in [5.41, 5.74) is 3.67. The number of rotatable bonds is 2. The first-order chi connectivity index (χ1) is 11.1. The summed E-state index contributed by atoms with van der Waals surface area (Å²) in [6.45, 7) is 0.510. The quantitative estimate of drug-likeness (QED) is 0.732. The summed E-state index contributed by atoms with van der Waals surface area (Å²) >= 11 is 12.0. The molecule has 1 aliphatic heterocycles. The van der Waals surface area contributed by atoms with Gasteiger partial charge in [0, 0.05) is 21.2 Å². The van der Waals surface area contributed by atoms with Crippen LogP contribution in [0.1, 0.15) is 5.56 Å². The molecule has 1 atom stereocenters. The van der Waals surface area contributed by atoms with E-state index >= 15 is 0 Å².